The van der Waals surface area contributed by atoms with E-state index < -0.39 is 0 Å². The molecule has 25 heavy (non-hydrogen) atoms. The highest BCUT2D eigenvalue weighted by molar-refractivity contribution is 5.42. The van der Waals surface area contributed by atoms with Gasteiger partial charge in [0.05, 0.1) is 12.1 Å². The molecule has 1 aromatic heterocycles. The van der Waals surface area contributed by atoms with E-state index in [1.807, 2.05) is 4.68 Å². The molecule has 2 aromatic carbocycles. The number of rotatable bonds is 3. The Morgan fingerprint density at radius 2 is 1.76 bits per heavy atom. The zero-order valence-electron chi connectivity index (χ0n) is 14.6. The molecule has 3 N–H and O–H groups in total. The monoisotopic (exact) mass is 333 g/mol. The van der Waals surface area contributed by atoms with E-state index in [4.69, 9.17) is 5.73 Å². The molecule has 0 spiro atoms. The van der Waals surface area contributed by atoms with Crippen molar-refractivity contribution < 1.29 is 0 Å². The number of fused-ring (bicyclic) bond motifs is 1. The molecule has 3 aromatic rings. The van der Waals surface area contributed by atoms with E-state index in [1.165, 1.54) is 22.3 Å². The van der Waals surface area contributed by atoms with Gasteiger partial charge in [-0.05, 0) is 36.5 Å². The Morgan fingerprint density at radius 3 is 2.44 bits per heavy atom. The third-order valence-corrected chi connectivity index (χ3v) is 4.96. The Kier molecular flexibility index (Phi) is 3.92. The number of benzene rings is 2. The lowest BCUT2D eigenvalue weighted by molar-refractivity contribution is 0.431. The van der Waals surface area contributed by atoms with Gasteiger partial charge in [-0.15, -0.1) is 5.10 Å². The summed E-state index contributed by atoms with van der Waals surface area (Å²) in [4.78, 5) is 4.37. The van der Waals surface area contributed by atoms with Crippen LogP contribution in [0.25, 0.3) is 0 Å². The molecule has 0 unspecified atom stereocenters. The van der Waals surface area contributed by atoms with Crippen molar-refractivity contribution in [1.29, 1.82) is 0 Å². The molecule has 0 bridgehead atoms. The highest BCUT2D eigenvalue weighted by atomic mass is 15.4. The number of hydrogen-bond donors (Lipinski definition) is 2. The summed E-state index contributed by atoms with van der Waals surface area (Å²) in [6.07, 6.45) is 1.96. The maximum absolute atomic E-state index is 5.86. The zero-order valence-corrected chi connectivity index (χ0v) is 14.6. The van der Waals surface area contributed by atoms with Crippen molar-refractivity contribution in [3.8, 4) is 0 Å². The zero-order chi connectivity index (χ0) is 17.4. The van der Waals surface area contributed by atoms with Crippen molar-refractivity contribution in [2.45, 2.75) is 38.8 Å². The lowest BCUT2D eigenvalue weighted by atomic mass is 9.92. The second-order valence-corrected chi connectivity index (χ2v) is 6.69. The summed E-state index contributed by atoms with van der Waals surface area (Å²) >= 11 is 0. The molecule has 0 fully saturated rings. The second-order valence-electron chi connectivity index (χ2n) is 6.69. The molecular weight excluding hydrogens is 310 g/mol. The van der Waals surface area contributed by atoms with E-state index in [9.17, 15) is 0 Å². The van der Waals surface area contributed by atoms with Gasteiger partial charge in [-0.25, -0.2) is 4.68 Å². The average Bonchev–Trinajstić information content (AvgIpc) is 3.02. The Balaban J connectivity index is 1.71. The van der Waals surface area contributed by atoms with Crippen LogP contribution in [0, 0.1) is 6.92 Å². The number of nitrogens with one attached hydrogen (secondary N) is 1. The fourth-order valence-corrected chi connectivity index (χ4v) is 3.46. The van der Waals surface area contributed by atoms with Gasteiger partial charge in [-0.3, -0.25) is 0 Å². The highest BCUT2D eigenvalue weighted by Gasteiger charge is 2.30. The molecule has 5 heteroatoms. The summed E-state index contributed by atoms with van der Waals surface area (Å²) in [5.41, 5.74) is 11.0. The normalized spacial score (nSPS) is 19.3. The van der Waals surface area contributed by atoms with Crippen LogP contribution in [0.1, 0.15) is 47.7 Å². The average molecular weight is 333 g/mol. The summed E-state index contributed by atoms with van der Waals surface area (Å²) in [6, 6.07) is 17.7. The highest BCUT2D eigenvalue weighted by Crippen LogP contribution is 2.38. The summed E-state index contributed by atoms with van der Waals surface area (Å²) in [7, 11) is 0. The Hall–Kier alpha value is -2.82. The van der Waals surface area contributed by atoms with Crippen LogP contribution in [0.5, 0.6) is 0 Å². The molecule has 0 aliphatic carbocycles. The fourth-order valence-electron chi connectivity index (χ4n) is 3.46. The molecule has 1 aliphatic heterocycles. The third kappa shape index (κ3) is 2.97. The van der Waals surface area contributed by atoms with E-state index in [1.54, 1.807) is 0 Å². The predicted octanol–water partition coefficient (Wildman–Crippen LogP) is 3.88. The smallest absolute Gasteiger partial charge is 0.241 e. The SMILES string of the molecule is CCc1ccc([C@@H]2C[C@H](c3ccc(C)cc3)n3nc(N)nc3N2)cc1. The number of nitrogens with two attached hydrogens (primary N) is 1. The van der Waals surface area contributed by atoms with Gasteiger partial charge in [-0.2, -0.15) is 4.98 Å². The van der Waals surface area contributed by atoms with Crippen LogP contribution < -0.4 is 11.1 Å². The minimum absolute atomic E-state index is 0.123. The standard InChI is InChI=1S/C20H23N5/c1-3-14-6-10-15(11-7-14)17-12-18(16-8-4-13(2)5-9-16)25-20(22-17)23-19(21)24-25/h4-11,17-18H,3,12H2,1-2H3,(H3,21,22,23,24)/t17-,18+/m0/s1. The third-order valence-electron chi connectivity index (χ3n) is 4.96. The largest absolute Gasteiger partial charge is 0.366 e. The summed E-state index contributed by atoms with van der Waals surface area (Å²) < 4.78 is 1.91. The molecule has 5 nitrogen and oxygen atoms in total. The molecule has 0 radical (unpaired) electrons. The van der Waals surface area contributed by atoms with Crippen LogP contribution in [0.15, 0.2) is 48.5 Å². The topological polar surface area (TPSA) is 68.8 Å². The fraction of sp³-hybridized carbons (Fsp3) is 0.300. The van der Waals surface area contributed by atoms with Crippen LogP contribution in [0.4, 0.5) is 11.9 Å². The van der Waals surface area contributed by atoms with E-state index in [0.717, 1.165) is 18.8 Å². The number of hydrogen-bond acceptors (Lipinski definition) is 4. The van der Waals surface area contributed by atoms with Gasteiger partial charge in [0, 0.05) is 0 Å². The van der Waals surface area contributed by atoms with E-state index in [0.29, 0.717) is 5.95 Å². The van der Waals surface area contributed by atoms with Crippen molar-refractivity contribution in [2.24, 2.45) is 0 Å². The first kappa shape index (κ1) is 15.7. The maximum Gasteiger partial charge on any atom is 0.241 e. The van der Waals surface area contributed by atoms with Gasteiger partial charge in [-0.1, -0.05) is 61.0 Å². The van der Waals surface area contributed by atoms with Crippen LogP contribution in [-0.4, -0.2) is 14.8 Å². The lowest BCUT2D eigenvalue weighted by Gasteiger charge is -2.31. The number of nitrogens with zero attached hydrogens (tertiary/aromatic N) is 3. The molecule has 0 amide bonds. The molecule has 4 rings (SSSR count). The quantitative estimate of drug-likeness (QED) is 0.763. The van der Waals surface area contributed by atoms with E-state index in [-0.39, 0.29) is 12.1 Å². The van der Waals surface area contributed by atoms with Gasteiger partial charge in [0.1, 0.15) is 0 Å². The predicted molar refractivity (Wildman–Crippen MR) is 101 cm³/mol. The first-order chi connectivity index (χ1) is 12.1. The minimum Gasteiger partial charge on any atom is -0.366 e. The van der Waals surface area contributed by atoms with Crippen LogP contribution in [0.3, 0.4) is 0 Å². The van der Waals surface area contributed by atoms with Gasteiger partial charge in [0.15, 0.2) is 0 Å². The van der Waals surface area contributed by atoms with E-state index >= 15 is 0 Å². The first-order valence-corrected chi connectivity index (χ1v) is 8.78. The van der Waals surface area contributed by atoms with Crippen molar-refractivity contribution >= 4 is 11.9 Å². The molecule has 0 saturated heterocycles. The van der Waals surface area contributed by atoms with Gasteiger partial charge in [0.2, 0.25) is 11.9 Å². The van der Waals surface area contributed by atoms with Crippen LogP contribution >= 0.6 is 0 Å². The number of aromatic nitrogens is 3. The molecule has 1 aliphatic rings. The lowest BCUT2D eigenvalue weighted by Crippen LogP contribution is -2.28. The summed E-state index contributed by atoms with van der Waals surface area (Å²) in [6.45, 7) is 4.27. The van der Waals surface area contributed by atoms with Crippen LogP contribution in [0.2, 0.25) is 0 Å². The molecular formula is C20H23N5. The number of nitrogen functional groups attached to an aromatic ring is 1. The van der Waals surface area contributed by atoms with Crippen molar-refractivity contribution in [3.63, 3.8) is 0 Å². The number of anilines is 2. The Labute approximate surface area is 147 Å². The molecule has 0 saturated carbocycles. The second kappa shape index (κ2) is 6.24. The van der Waals surface area contributed by atoms with E-state index in [2.05, 4.69) is 77.8 Å². The molecule has 2 heterocycles. The Bertz CT molecular complexity index is 864. The van der Waals surface area contributed by atoms with Gasteiger partial charge < -0.3 is 11.1 Å². The summed E-state index contributed by atoms with van der Waals surface area (Å²) in [5, 5.41) is 7.90. The molecule has 128 valence electrons. The van der Waals surface area contributed by atoms with Crippen LogP contribution in [-0.2, 0) is 6.42 Å². The Morgan fingerprint density at radius 1 is 1.08 bits per heavy atom. The maximum atomic E-state index is 5.86. The number of aryl methyl sites for hydroxylation is 2. The first-order valence-electron chi connectivity index (χ1n) is 8.78. The van der Waals surface area contributed by atoms with Gasteiger partial charge >= 0.3 is 0 Å². The van der Waals surface area contributed by atoms with Gasteiger partial charge in [0.25, 0.3) is 0 Å². The summed E-state index contributed by atoms with van der Waals surface area (Å²) in [5.74, 6) is 1.04. The van der Waals surface area contributed by atoms with Crippen molar-refractivity contribution in [3.05, 3.63) is 70.8 Å². The van der Waals surface area contributed by atoms with Crippen molar-refractivity contribution in [2.75, 3.05) is 11.1 Å². The van der Waals surface area contributed by atoms with Crippen molar-refractivity contribution in [1.82, 2.24) is 14.8 Å². The molecule has 2 atom stereocenters. The minimum atomic E-state index is 0.123.